The molecule has 2 N–H and O–H groups in total. The van der Waals surface area contributed by atoms with Crippen molar-refractivity contribution in [2.24, 2.45) is 23.2 Å². The van der Waals surface area contributed by atoms with E-state index in [1.807, 2.05) is 0 Å². The summed E-state index contributed by atoms with van der Waals surface area (Å²) >= 11 is 0. The molecule has 5 aliphatic rings. The van der Waals surface area contributed by atoms with E-state index >= 15 is 0 Å². The molecular formula is C20H35NO2. The summed E-state index contributed by atoms with van der Waals surface area (Å²) in [6.45, 7) is 2.12. The molecule has 5 aliphatic carbocycles. The topological polar surface area (TPSA) is 41.5 Å². The van der Waals surface area contributed by atoms with Crippen molar-refractivity contribution in [2.45, 2.75) is 82.8 Å². The molecule has 1 atom stereocenters. The van der Waals surface area contributed by atoms with Crippen molar-refractivity contribution >= 4 is 0 Å². The van der Waals surface area contributed by atoms with Crippen LogP contribution in [0.3, 0.4) is 0 Å². The van der Waals surface area contributed by atoms with E-state index in [0.717, 1.165) is 24.4 Å². The van der Waals surface area contributed by atoms with E-state index in [1.54, 1.807) is 0 Å². The molecule has 132 valence electrons. The average Bonchev–Trinajstić information content (AvgIpc) is 2.52. The molecule has 0 radical (unpaired) electrons. The van der Waals surface area contributed by atoms with E-state index in [2.05, 4.69) is 5.32 Å². The first-order chi connectivity index (χ1) is 11.2. The Hall–Kier alpha value is -0.120. The highest BCUT2D eigenvalue weighted by Crippen LogP contribution is 2.60. The number of rotatable bonds is 7. The van der Waals surface area contributed by atoms with Crippen molar-refractivity contribution in [2.75, 3.05) is 19.8 Å². The summed E-state index contributed by atoms with van der Waals surface area (Å²) in [5.74, 6) is 2.97. The summed E-state index contributed by atoms with van der Waals surface area (Å²) in [6.07, 6.45) is 15.0. The maximum Gasteiger partial charge on any atom is 0.0897 e. The molecule has 0 amide bonds. The molecule has 0 aromatic carbocycles. The number of nitrogens with one attached hydrogen (secondary N) is 1. The largest absolute Gasteiger partial charge is 0.389 e. The molecule has 4 bridgehead atoms. The third kappa shape index (κ3) is 3.93. The van der Waals surface area contributed by atoms with Gasteiger partial charge in [0.1, 0.15) is 0 Å². The second-order valence-corrected chi connectivity index (χ2v) is 9.33. The van der Waals surface area contributed by atoms with Crippen LogP contribution in [0.25, 0.3) is 0 Å². The van der Waals surface area contributed by atoms with Crippen LogP contribution in [0.1, 0.15) is 70.6 Å². The van der Waals surface area contributed by atoms with Crippen LogP contribution >= 0.6 is 0 Å². The maximum atomic E-state index is 10.2. The van der Waals surface area contributed by atoms with Crippen LogP contribution in [0, 0.1) is 23.2 Å². The molecule has 1 unspecified atom stereocenters. The first kappa shape index (κ1) is 16.4. The minimum absolute atomic E-state index is 0.342. The van der Waals surface area contributed by atoms with Gasteiger partial charge in [-0.15, -0.1) is 0 Å². The van der Waals surface area contributed by atoms with Gasteiger partial charge in [0.15, 0.2) is 0 Å². The van der Waals surface area contributed by atoms with Gasteiger partial charge in [-0.2, -0.15) is 0 Å². The molecule has 0 spiro atoms. The molecule has 5 saturated carbocycles. The van der Waals surface area contributed by atoms with Crippen LogP contribution < -0.4 is 5.32 Å². The van der Waals surface area contributed by atoms with Gasteiger partial charge in [0.25, 0.3) is 0 Å². The number of ether oxygens (including phenoxy) is 1. The van der Waals surface area contributed by atoms with Gasteiger partial charge in [-0.3, -0.25) is 0 Å². The van der Waals surface area contributed by atoms with Crippen LogP contribution in [0.5, 0.6) is 0 Å². The first-order valence-corrected chi connectivity index (χ1v) is 10.2. The Morgan fingerprint density at radius 3 is 2.17 bits per heavy atom. The van der Waals surface area contributed by atoms with Crippen molar-refractivity contribution in [1.29, 1.82) is 0 Å². The van der Waals surface area contributed by atoms with Gasteiger partial charge in [-0.1, -0.05) is 19.3 Å². The number of aliphatic hydroxyl groups is 1. The molecule has 0 aromatic rings. The summed E-state index contributed by atoms with van der Waals surface area (Å²) < 4.78 is 6.03. The molecule has 0 aliphatic heterocycles. The third-order valence-electron chi connectivity index (χ3n) is 7.13. The van der Waals surface area contributed by atoms with Gasteiger partial charge in [0.2, 0.25) is 0 Å². The van der Waals surface area contributed by atoms with Gasteiger partial charge in [-0.05, 0) is 74.5 Å². The zero-order chi connectivity index (χ0) is 15.7. The predicted molar refractivity (Wildman–Crippen MR) is 92.3 cm³/mol. The lowest BCUT2D eigenvalue weighted by molar-refractivity contribution is -0.105. The van der Waals surface area contributed by atoms with Crippen LogP contribution in [0.4, 0.5) is 0 Å². The van der Waals surface area contributed by atoms with Crippen molar-refractivity contribution in [1.82, 2.24) is 5.32 Å². The van der Waals surface area contributed by atoms with Crippen molar-refractivity contribution in [3.05, 3.63) is 0 Å². The molecule has 0 saturated heterocycles. The van der Waals surface area contributed by atoms with E-state index in [0.29, 0.717) is 24.6 Å². The van der Waals surface area contributed by atoms with Crippen LogP contribution in [0.2, 0.25) is 0 Å². The normalized spacial score (nSPS) is 41.3. The Balaban J connectivity index is 1.17. The van der Waals surface area contributed by atoms with E-state index in [9.17, 15) is 5.11 Å². The Kier molecular flexibility index (Phi) is 4.99. The molecule has 5 rings (SSSR count). The summed E-state index contributed by atoms with van der Waals surface area (Å²) in [4.78, 5) is 0. The molecule has 5 fully saturated rings. The SMILES string of the molecule is OC(CNC1CCCCC1)COCC12CC3CC(CC(C3)C1)C2. The Labute approximate surface area is 141 Å². The zero-order valence-electron chi connectivity index (χ0n) is 14.6. The lowest BCUT2D eigenvalue weighted by Crippen LogP contribution is -2.48. The van der Waals surface area contributed by atoms with Crippen molar-refractivity contribution in [3.8, 4) is 0 Å². The first-order valence-electron chi connectivity index (χ1n) is 10.2. The highest BCUT2D eigenvalue weighted by atomic mass is 16.5. The average molecular weight is 322 g/mol. The molecule has 0 aromatic heterocycles. The highest BCUT2D eigenvalue weighted by Gasteiger charge is 2.50. The molecule has 23 heavy (non-hydrogen) atoms. The monoisotopic (exact) mass is 321 g/mol. The van der Waals surface area contributed by atoms with E-state index < -0.39 is 0 Å². The number of hydrogen-bond donors (Lipinski definition) is 2. The molecule has 3 nitrogen and oxygen atoms in total. The lowest BCUT2D eigenvalue weighted by atomic mass is 9.50. The Morgan fingerprint density at radius 1 is 0.957 bits per heavy atom. The second kappa shape index (κ2) is 7.01. The summed E-state index contributed by atoms with van der Waals surface area (Å²) in [7, 11) is 0. The van der Waals surface area contributed by atoms with Crippen LogP contribution in [0.15, 0.2) is 0 Å². The van der Waals surface area contributed by atoms with Crippen molar-refractivity contribution in [3.63, 3.8) is 0 Å². The standard InChI is InChI=1S/C20H35NO2/c22-19(12-21-18-4-2-1-3-5-18)13-23-14-20-9-15-6-16(10-20)8-17(7-15)11-20/h15-19,21-22H,1-14H2. The number of hydrogen-bond acceptors (Lipinski definition) is 3. The minimum atomic E-state index is -0.342. The zero-order valence-corrected chi connectivity index (χ0v) is 14.6. The van der Waals surface area contributed by atoms with E-state index in [4.69, 9.17) is 4.74 Å². The van der Waals surface area contributed by atoms with Gasteiger partial charge >= 0.3 is 0 Å². The predicted octanol–water partition coefficient (Wildman–Crippen LogP) is 3.50. The fraction of sp³-hybridized carbons (Fsp3) is 1.00. The minimum Gasteiger partial charge on any atom is -0.389 e. The van der Waals surface area contributed by atoms with Crippen LogP contribution in [-0.2, 0) is 4.74 Å². The molecular weight excluding hydrogens is 286 g/mol. The lowest BCUT2D eigenvalue weighted by Gasteiger charge is -2.56. The molecule has 0 heterocycles. The Bertz CT molecular complexity index is 356. The van der Waals surface area contributed by atoms with Crippen LogP contribution in [-0.4, -0.2) is 37.0 Å². The van der Waals surface area contributed by atoms with E-state index in [1.165, 1.54) is 70.6 Å². The summed E-state index contributed by atoms with van der Waals surface area (Å²) in [5, 5.41) is 13.7. The number of aliphatic hydroxyl groups excluding tert-OH is 1. The fourth-order valence-electron chi connectivity index (χ4n) is 6.55. The quantitative estimate of drug-likeness (QED) is 0.754. The molecule has 3 heteroatoms. The third-order valence-corrected chi connectivity index (χ3v) is 7.13. The van der Waals surface area contributed by atoms with Gasteiger partial charge in [0, 0.05) is 12.6 Å². The fourth-order valence-corrected chi connectivity index (χ4v) is 6.55. The van der Waals surface area contributed by atoms with Crippen molar-refractivity contribution < 1.29 is 9.84 Å². The van der Waals surface area contributed by atoms with Gasteiger partial charge in [-0.25, -0.2) is 0 Å². The maximum absolute atomic E-state index is 10.2. The highest BCUT2D eigenvalue weighted by molar-refractivity contribution is 5.01. The smallest absolute Gasteiger partial charge is 0.0897 e. The van der Waals surface area contributed by atoms with Gasteiger partial charge < -0.3 is 15.2 Å². The summed E-state index contributed by atoms with van der Waals surface area (Å²) in [6, 6.07) is 0.626. The Morgan fingerprint density at radius 2 is 1.57 bits per heavy atom. The van der Waals surface area contributed by atoms with Gasteiger partial charge in [0.05, 0.1) is 19.3 Å². The second-order valence-electron chi connectivity index (χ2n) is 9.33. The summed E-state index contributed by atoms with van der Waals surface area (Å²) in [5.41, 5.74) is 0.477. The van der Waals surface area contributed by atoms with E-state index in [-0.39, 0.29) is 6.10 Å².